The first-order chi connectivity index (χ1) is 11.6. The van der Waals surface area contributed by atoms with Gasteiger partial charge in [-0.1, -0.05) is 12.2 Å². The van der Waals surface area contributed by atoms with E-state index < -0.39 is 17.8 Å². The Kier molecular flexibility index (Phi) is 3.90. The first-order valence-electron chi connectivity index (χ1n) is 8.80. The summed E-state index contributed by atoms with van der Waals surface area (Å²) in [5.74, 6) is -1.24. The van der Waals surface area contributed by atoms with Crippen LogP contribution in [0.25, 0.3) is 0 Å². The molecule has 2 saturated carbocycles. The summed E-state index contributed by atoms with van der Waals surface area (Å²) in [6, 6.07) is 2.09. The van der Waals surface area contributed by atoms with Crippen molar-refractivity contribution in [1.82, 2.24) is 15.1 Å². The molecule has 0 radical (unpaired) electrons. The lowest BCUT2D eigenvalue weighted by Crippen LogP contribution is -2.53. The Morgan fingerprint density at radius 2 is 1.88 bits per heavy atom. The van der Waals surface area contributed by atoms with Crippen LogP contribution in [0.2, 0.25) is 0 Å². The molecule has 4 atom stereocenters. The molecule has 4 aliphatic rings. The molecule has 128 valence electrons. The van der Waals surface area contributed by atoms with Crippen molar-refractivity contribution in [3.63, 3.8) is 0 Å². The summed E-state index contributed by atoms with van der Waals surface area (Å²) in [6.45, 7) is 0.883. The van der Waals surface area contributed by atoms with E-state index in [0.29, 0.717) is 5.92 Å². The van der Waals surface area contributed by atoms with Gasteiger partial charge in [-0.15, -0.1) is 0 Å². The number of nitrogens with zero attached hydrogens (tertiary/aromatic N) is 2. The van der Waals surface area contributed by atoms with Gasteiger partial charge in [-0.05, 0) is 49.5 Å². The Bertz CT molecular complexity index is 648. The first-order valence-corrected chi connectivity index (χ1v) is 8.80. The second-order valence-electron chi connectivity index (χ2n) is 7.45. The number of hydrogen-bond donors (Lipinski definition) is 2. The van der Waals surface area contributed by atoms with E-state index in [-0.39, 0.29) is 23.8 Å². The topological polar surface area (TPSA) is 84.2 Å². The molecule has 1 aromatic heterocycles. The second kappa shape index (κ2) is 6.07. The van der Waals surface area contributed by atoms with Crippen LogP contribution in [-0.4, -0.2) is 32.8 Å². The summed E-state index contributed by atoms with van der Waals surface area (Å²) in [5, 5.41) is 16.9. The van der Waals surface area contributed by atoms with Crippen LogP contribution in [0.15, 0.2) is 30.6 Å². The largest absolute Gasteiger partial charge is 0.481 e. The number of hydrogen-bond acceptors (Lipinski definition) is 3. The van der Waals surface area contributed by atoms with Crippen LogP contribution >= 0.6 is 0 Å². The number of nitrogens with one attached hydrogen (secondary N) is 1. The molecule has 1 aromatic rings. The Morgan fingerprint density at radius 1 is 1.17 bits per heavy atom. The Hall–Kier alpha value is -2.11. The van der Waals surface area contributed by atoms with Gasteiger partial charge in [0.25, 0.3) is 0 Å². The van der Waals surface area contributed by atoms with E-state index in [1.54, 1.807) is 6.20 Å². The third-order valence-corrected chi connectivity index (χ3v) is 5.92. The highest BCUT2D eigenvalue weighted by atomic mass is 16.4. The number of allylic oxidation sites excluding steroid dienone is 2. The highest BCUT2D eigenvalue weighted by molar-refractivity contribution is 5.86. The van der Waals surface area contributed by atoms with Gasteiger partial charge >= 0.3 is 5.97 Å². The highest BCUT2D eigenvalue weighted by Gasteiger charge is 2.48. The maximum atomic E-state index is 12.7. The smallest absolute Gasteiger partial charge is 0.307 e. The molecular weight excluding hydrogens is 306 g/mol. The van der Waals surface area contributed by atoms with Crippen molar-refractivity contribution in [2.24, 2.45) is 29.6 Å². The van der Waals surface area contributed by atoms with Crippen molar-refractivity contribution < 1.29 is 14.7 Å². The zero-order valence-corrected chi connectivity index (χ0v) is 13.5. The minimum Gasteiger partial charge on any atom is -0.481 e. The zero-order valence-electron chi connectivity index (χ0n) is 13.5. The molecule has 0 saturated heterocycles. The lowest BCUT2D eigenvalue weighted by molar-refractivity contribution is -0.153. The molecule has 0 aliphatic heterocycles. The summed E-state index contributed by atoms with van der Waals surface area (Å²) in [4.78, 5) is 24.3. The average Bonchev–Trinajstić information content (AvgIpc) is 3.06. The van der Waals surface area contributed by atoms with E-state index in [1.165, 1.54) is 0 Å². The summed E-state index contributed by atoms with van der Waals surface area (Å²) in [6.07, 6.45) is 11.5. The molecule has 0 spiro atoms. The van der Waals surface area contributed by atoms with Crippen LogP contribution in [0, 0.1) is 29.6 Å². The first kappa shape index (κ1) is 15.4. The monoisotopic (exact) mass is 329 g/mol. The number of aliphatic carboxylic acids is 1. The van der Waals surface area contributed by atoms with Crippen LogP contribution in [0.4, 0.5) is 0 Å². The Morgan fingerprint density at radius 3 is 2.46 bits per heavy atom. The molecule has 1 heterocycles. The molecule has 6 heteroatoms. The molecular formula is C18H23N3O3. The van der Waals surface area contributed by atoms with Gasteiger partial charge in [0.1, 0.15) is 0 Å². The molecule has 0 aromatic carbocycles. The van der Waals surface area contributed by atoms with Gasteiger partial charge in [-0.2, -0.15) is 5.10 Å². The SMILES string of the molecule is O=C(NC1CC(Cn2cccn2)C1)[C@@H]1C2C=CC(CC2)[C@@H]1C(=O)O. The predicted molar refractivity (Wildman–Crippen MR) is 86.9 cm³/mol. The number of rotatable bonds is 5. The maximum absolute atomic E-state index is 12.7. The van der Waals surface area contributed by atoms with Crippen LogP contribution in [-0.2, 0) is 16.1 Å². The number of aromatic nitrogens is 2. The lowest BCUT2D eigenvalue weighted by atomic mass is 9.62. The van der Waals surface area contributed by atoms with Crippen LogP contribution in [0.5, 0.6) is 0 Å². The Labute approximate surface area is 140 Å². The second-order valence-corrected chi connectivity index (χ2v) is 7.45. The Balaban J connectivity index is 1.33. The van der Waals surface area contributed by atoms with Crippen molar-refractivity contribution in [2.45, 2.75) is 38.3 Å². The van der Waals surface area contributed by atoms with E-state index in [9.17, 15) is 14.7 Å². The molecule has 5 rings (SSSR count). The number of carbonyl (C=O) groups excluding carboxylic acids is 1. The van der Waals surface area contributed by atoms with Crippen LogP contribution < -0.4 is 5.32 Å². The van der Waals surface area contributed by atoms with Gasteiger partial charge < -0.3 is 10.4 Å². The fraction of sp³-hybridized carbons (Fsp3) is 0.611. The van der Waals surface area contributed by atoms with Gasteiger partial charge in [0.15, 0.2) is 0 Å². The molecule has 2 fully saturated rings. The molecule has 2 unspecified atom stereocenters. The summed E-state index contributed by atoms with van der Waals surface area (Å²) in [5.41, 5.74) is 0. The fourth-order valence-corrected chi connectivity index (χ4v) is 4.66. The van der Waals surface area contributed by atoms with Crippen molar-refractivity contribution in [3.05, 3.63) is 30.6 Å². The summed E-state index contributed by atoms with van der Waals surface area (Å²) in [7, 11) is 0. The third kappa shape index (κ3) is 2.74. The number of amides is 1. The molecule has 1 amide bonds. The van der Waals surface area contributed by atoms with Gasteiger partial charge in [-0.25, -0.2) is 0 Å². The minimum atomic E-state index is -0.834. The van der Waals surface area contributed by atoms with E-state index in [4.69, 9.17) is 0 Å². The van der Waals surface area contributed by atoms with Gasteiger partial charge in [0.05, 0.1) is 11.8 Å². The molecule has 4 aliphatic carbocycles. The standard InChI is InChI=1S/C18H23N3O3/c22-17(15-12-2-4-13(5-3-12)16(15)18(23)24)20-14-8-11(9-14)10-21-7-1-6-19-21/h1-2,4,6-7,11-16H,3,5,8-10H2,(H,20,22)(H,23,24)/t11?,12?,13?,14?,15-,16+/m1/s1. The van der Waals surface area contributed by atoms with E-state index in [2.05, 4.69) is 16.5 Å². The maximum Gasteiger partial charge on any atom is 0.307 e. The predicted octanol–water partition coefficient (Wildman–Crippen LogP) is 1.69. The van der Waals surface area contributed by atoms with E-state index in [0.717, 1.165) is 32.2 Å². The number of fused-ring (bicyclic) bond motifs is 2. The number of carboxylic acid groups (broad SMARTS) is 1. The van der Waals surface area contributed by atoms with Gasteiger partial charge in [-0.3, -0.25) is 14.3 Å². The highest BCUT2D eigenvalue weighted by Crippen LogP contribution is 2.45. The fourth-order valence-electron chi connectivity index (χ4n) is 4.66. The lowest BCUT2D eigenvalue weighted by Gasteiger charge is -2.43. The average molecular weight is 329 g/mol. The summed E-state index contributed by atoms with van der Waals surface area (Å²) < 4.78 is 1.92. The van der Waals surface area contributed by atoms with Crippen LogP contribution in [0.1, 0.15) is 25.7 Å². The minimum absolute atomic E-state index is 0.0113. The van der Waals surface area contributed by atoms with Gasteiger partial charge in [0, 0.05) is 25.0 Å². The molecule has 24 heavy (non-hydrogen) atoms. The van der Waals surface area contributed by atoms with Crippen molar-refractivity contribution in [2.75, 3.05) is 0 Å². The normalized spacial score (nSPS) is 37.0. The van der Waals surface area contributed by atoms with E-state index in [1.807, 2.05) is 23.0 Å². The summed E-state index contributed by atoms with van der Waals surface area (Å²) >= 11 is 0. The van der Waals surface area contributed by atoms with Gasteiger partial charge in [0.2, 0.25) is 5.91 Å². The third-order valence-electron chi connectivity index (χ3n) is 5.92. The zero-order chi connectivity index (χ0) is 16.7. The van der Waals surface area contributed by atoms with Crippen LogP contribution in [0.3, 0.4) is 0 Å². The molecule has 2 N–H and O–H groups in total. The number of carboxylic acids is 1. The molecule has 6 nitrogen and oxygen atoms in total. The van der Waals surface area contributed by atoms with Crippen molar-refractivity contribution in [3.8, 4) is 0 Å². The van der Waals surface area contributed by atoms with E-state index >= 15 is 0 Å². The quantitative estimate of drug-likeness (QED) is 0.805. The molecule has 2 bridgehead atoms. The number of carbonyl (C=O) groups is 2. The van der Waals surface area contributed by atoms with Crippen molar-refractivity contribution in [1.29, 1.82) is 0 Å². The van der Waals surface area contributed by atoms with Crippen molar-refractivity contribution >= 4 is 11.9 Å².